The summed E-state index contributed by atoms with van der Waals surface area (Å²) in [6.45, 7) is 21.4. The molecule has 0 aromatic rings. The normalized spacial score (nSPS) is 49.8. The highest BCUT2D eigenvalue weighted by Gasteiger charge is 2.67. The van der Waals surface area contributed by atoms with Gasteiger partial charge in [-0.15, -0.1) is 0 Å². The lowest BCUT2D eigenvalue weighted by Crippen LogP contribution is -2.63. The summed E-state index contributed by atoms with van der Waals surface area (Å²) in [5.74, 6) is 1.47. The van der Waals surface area contributed by atoms with E-state index in [1.165, 1.54) is 44.9 Å². The second kappa shape index (κ2) is 7.83. The highest BCUT2D eigenvalue weighted by Crippen LogP contribution is 2.74. The molecule has 190 valence electrons. The summed E-state index contributed by atoms with van der Waals surface area (Å²) in [5, 5.41) is 22.5. The van der Waals surface area contributed by atoms with Crippen LogP contribution in [-0.4, -0.2) is 21.9 Å². The zero-order valence-corrected chi connectivity index (χ0v) is 23.4. The molecule has 2 N–H and O–H groups in total. The molecule has 0 heterocycles. The van der Waals surface area contributed by atoms with Gasteiger partial charge in [-0.05, 0) is 104 Å². The van der Waals surface area contributed by atoms with Crippen molar-refractivity contribution in [1.82, 2.24) is 0 Å². The van der Waals surface area contributed by atoms with E-state index in [1.54, 1.807) is 5.57 Å². The average Bonchev–Trinajstić information content (AvgIpc) is 2.79. The lowest BCUT2D eigenvalue weighted by atomic mass is 9.35. The second-order valence-corrected chi connectivity index (χ2v) is 15.0. The van der Waals surface area contributed by atoms with Crippen molar-refractivity contribution in [2.24, 2.45) is 44.8 Å². The molecule has 0 bridgehead atoms. The highest BCUT2D eigenvalue weighted by molar-refractivity contribution is 5.33. The molecule has 0 radical (unpaired) electrons. The minimum atomic E-state index is -0.706. The number of rotatable bonds is 3. The van der Waals surface area contributed by atoms with E-state index in [4.69, 9.17) is 0 Å². The standard InChI is InChI=1S/C31H54O2/c1-10-16-28(6)17-11-18-30(8)21(25(28)27(4,5)33)12-13-23-29(7)19-15-24(32)26(2,3)22(29)14-20-31(23,30)9/h12,22-25,32-33H,10-11,13-20H2,1-9H3/t22?,23?,24-,25?,28+,29-,30+,31+/m0/s1. The Labute approximate surface area is 205 Å². The molecule has 0 aliphatic heterocycles. The van der Waals surface area contributed by atoms with Gasteiger partial charge >= 0.3 is 0 Å². The molecule has 3 unspecified atom stereocenters. The van der Waals surface area contributed by atoms with Crippen molar-refractivity contribution >= 4 is 0 Å². The summed E-state index contributed by atoms with van der Waals surface area (Å²) in [5.41, 5.74) is 1.73. The Morgan fingerprint density at radius 2 is 1.61 bits per heavy atom. The van der Waals surface area contributed by atoms with Crippen LogP contribution in [0.1, 0.15) is 127 Å². The lowest BCUT2D eigenvalue weighted by Gasteiger charge is -2.69. The second-order valence-electron chi connectivity index (χ2n) is 15.0. The molecule has 0 aromatic carbocycles. The molecule has 2 heteroatoms. The van der Waals surface area contributed by atoms with E-state index in [2.05, 4.69) is 68.4 Å². The Bertz CT molecular complexity index is 789. The first-order valence-corrected chi connectivity index (χ1v) is 14.2. The van der Waals surface area contributed by atoms with Gasteiger partial charge in [0.25, 0.3) is 0 Å². The zero-order valence-electron chi connectivity index (χ0n) is 23.4. The van der Waals surface area contributed by atoms with Gasteiger partial charge in [0.2, 0.25) is 0 Å². The number of aliphatic hydroxyl groups is 2. The molecule has 0 amide bonds. The Morgan fingerprint density at radius 3 is 2.21 bits per heavy atom. The van der Waals surface area contributed by atoms with E-state index >= 15 is 0 Å². The Morgan fingerprint density at radius 1 is 0.939 bits per heavy atom. The van der Waals surface area contributed by atoms with Gasteiger partial charge in [0, 0.05) is 5.92 Å². The summed E-state index contributed by atoms with van der Waals surface area (Å²) in [6.07, 6.45) is 14.3. The number of aliphatic hydroxyl groups excluding tert-OH is 1. The summed E-state index contributed by atoms with van der Waals surface area (Å²) >= 11 is 0. The predicted molar refractivity (Wildman–Crippen MR) is 139 cm³/mol. The van der Waals surface area contributed by atoms with Crippen LogP contribution in [0.2, 0.25) is 0 Å². The third-order valence-electron chi connectivity index (χ3n) is 12.5. The van der Waals surface area contributed by atoms with E-state index in [0.717, 1.165) is 19.3 Å². The highest BCUT2D eigenvalue weighted by atomic mass is 16.3. The van der Waals surface area contributed by atoms with E-state index in [9.17, 15) is 10.2 Å². The predicted octanol–water partition coefficient (Wildman–Crippen LogP) is 7.92. The first kappa shape index (κ1) is 25.7. The molecule has 4 aliphatic rings. The molecular weight excluding hydrogens is 404 g/mol. The van der Waals surface area contributed by atoms with Crippen LogP contribution in [0.15, 0.2) is 11.6 Å². The maximum absolute atomic E-state index is 11.6. The van der Waals surface area contributed by atoms with E-state index < -0.39 is 5.60 Å². The Balaban J connectivity index is 1.85. The fraction of sp³-hybridized carbons (Fsp3) is 0.935. The summed E-state index contributed by atoms with van der Waals surface area (Å²) < 4.78 is 0. The quantitative estimate of drug-likeness (QED) is 0.422. The van der Waals surface area contributed by atoms with Crippen LogP contribution in [0, 0.1) is 44.8 Å². The van der Waals surface area contributed by atoms with E-state index in [1.807, 2.05) is 0 Å². The Kier molecular flexibility index (Phi) is 6.11. The van der Waals surface area contributed by atoms with Crippen molar-refractivity contribution in [2.45, 2.75) is 138 Å². The van der Waals surface area contributed by atoms with Gasteiger partial charge in [-0.3, -0.25) is 0 Å². The molecule has 33 heavy (non-hydrogen) atoms. The molecule has 2 nitrogen and oxygen atoms in total. The zero-order chi connectivity index (χ0) is 24.7. The smallest absolute Gasteiger partial charge is 0.0662 e. The Hall–Kier alpha value is -0.340. The van der Waals surface area contributed by atoms with Crippen molar-refractivity contribution in [3.63, 3.8) is 0 Å². The largest absolute Gasteiger partial charge is 0.393 e. The van der Waals surface area contributed by atoms with Gasteiger partial charge in [0.1, 0.15) is 0 Å². The van der Waals surface area contributed by atoms with Crippen LogP contribution in [-0.2, 0) is 0 Å². The first-order valence-electron chi connectivity index (χ1n) is 14.2. The minimum absolute atomic E-state index is 0.00198. The summed E-state index contributed by atoms with van der Waals surface area (Å²) in [7, 11) is 0. The molecule has 3 fully saturated rings. The third kappa shape index (κ3) is 3.46. The van der Waals surface area contributed by atoms with Gasteiger partial charge in [-0.25, -0.2) is 0 Å². The SMILES string of the molecule is CCC[C@]1(C)CCC[C@]2(C)C(=CCC3[C@@]4(C)CC[C@H](O)C(C)(C)C4CC[C@]32C)C1C(C)(C)O. The van der Waals surface area contributed by atoms with Gasteiger partial charge in [-0.2, -0.15) is 0 Å². The van der Waals surface area contributed by atoms with Crippen LogP contribution >= 0.6 is 0 Å². The third-order valence-corrected chi connectivity index (χ3v) is 12.5. The van der Waals surface area contributed by atoms with Gasteiger partial charge in [0.05, 0.1) is 11.7 Å². The van der Waals surface area contributed by atoms with Gasteiger partial charge in [-0.1, -0.05) is 73.0 Å². The number of fused-ring (bicyclic) bond motifs is 5. The maximum Gasteiger partial charge on any atom is 0.0662 e. The molecule has 0 spiro atoms. The molecule has 4 rings (SSSR count). The van der Waals surface area contributed by atoms with Crippen LogP contribution < -0.4 is 0 Å². The van der Waals surface area contributed by atoms with Crippen LogP contribution in [0.5, 0.6) is 0 Å². The molecule has 0 saturated heterocycles. The molecular formula is C31H54O2. The topological polar surface area (TPSA) is 40.5 Å². The first-order chi connectivity index (χ1) is 15.1. The fourth-order valence-corrected chi connectivity index (χ4v) is 10.8. The molecule has 3 saturated carbocycles. The molecule has 8 atom stereocenters. The van der Waals surface area contributed by atoms with E-state index in [0.29, 0.717) is 11.8 Å². The monoisotopic (exact) mass is 458 g/mol. The van der Waals surface area contributed by atoms with Crippen molar-refractivity contribution < 1.29 is 10.2 Å². The van der Waals surface area contributed by atoms with Crippen molar-refractivity contribution in [2.75, 3.05) is 0 Å². The van der Waals surface area contributed by atoms with Gasteiger partial charge < -0.3 is 10.2 Å². The molecule has 4 aliphatic carbocycles. The van der Waals surface area contributed by atoms with E-state index in [-0.39, 0.29) is 39.1 Å². The lowest BCUT2D eigenvalue weighted by molar-refractivity contribution is -0.197. The van der Waals surface area contributed by atoms with Crippen molar-refractivity contribution in [3.05, 3.63) is 11.6 Å². The average molecular weight is 459 g/mol. The van der Waals surface area contributed by atoms with Crippen molar-refractivity contribution in [1.29, 1.82) is 0 Å². The van der Waals surface area contributed by atoms with Crippen LogP contribution in [0.4, 0.5) is 0 Å². The summed E-state index contributed by atoms with van der Waals surface area (Å²) in [4.78, 5) is 0. The van der Waals surface area contributed by atoms with Crippen molar-refractivity contribution in [3.8, 4) is 0 Å². The minimum Gasteiger partial charge on any atom is -0.393 e. The number of hydrogen-bond acceptors (Lipinski definition) is 2. The van der Waals surface area contributed by atoms with Crippen LogP contribution in [0.3, 0.4) is 0 Å². The fourth-order valence-electron chi connectivity index (χ4n) is 10.8. The number of allylic oxidation sites excluding steroid dienone is 1. The molecule has 0 aromatic heterocycles. The van der Waals surface area contributed by atoms with Crippen LogP contribution in [0.25, 0.3) is 0 Å². The summed E-state index contributed by atoms with van der Waals surface area (Å²) in [6, 6.07) is 0. The number of hydrogen-bond donors (Lipinski definition) is 2. The van der Waals surface area contributed by atoms with Gasteiger partial charge in [0.15, 0.2) is 0 Å². The maximum atomic E-state index is 11.6.